The molecule has 0 aromatic heterocycles. The van der Waals surface area contributed by atoms with Gasteiger partial charge in [0.05, 0.1) is 35.9 Å². The molecule has 1 saturated heterocycles. The summed E-state index contributed by atoms with van der Waals surface area (Å²) in [4.78, 5) is 0. The minimum absolute atomic E-state index is 0.0421. The van der Waals surface area contributed by atoms with Gasteiger partial charge in [-0.3, -0.25) is 0 Å². The number of rotatable bonds is 6. The number of fused-ring (bicyclic) bond motifs is 2. The molecule has 0 aromatic rings. The SMILES string of the molecule is COCO[C@H]1C[C@](C)(O[Si](C)(C)C(C)(C)C)[C@@H]2[C@H]1C1(COC(C)(C)OC1)[C@]2(O)/C=C(/C)I. The third-order valence-corrected chi connectivity index (χ3v) is 13.3. The second-order valence-electron chi connectivity index (χ2n) is 12.2. The molecule has 2 aliphatic carbocycles. The van der Waals surface area contributed by atoms with Crippen molar-refractivity contribution in [3.05, 3.63) is 9.66 Å². The molecule has 1 N–H and O–H groups in total. The molecule has 1 spiro atoms. The van der Waals surface area contributed by atoms with E-state index in [-0.39, 0.29) is 29.8 Å². The standard InChI is InChI=1S/C24H43IO6Si/c1-16(25)11-24(26)19-18(23(24)13-29-21(5,6)30-14-23)17(28-15-27-8)12-22(19,7)31-32(9,10)20(2,3)4/h11,17-19,26H,12-15H2,1-10H3/b16-11-/t17-,18-,19-,22-,24-/m0/s1. The molecule has 0 aromatic carbocycles. The number of hydrogen-bond acceptors (Lipinski definition) is 6. The van der Waals surface area contributed by atoms with Gasteiger partial charge >= 0.3 is 0 Å². The van der Waals surface area contributed by atoms with E-state index in [0.717, 1.165) is 3.58 Å². The van der Waals surface area contributed by atoms with Gasteiger partial charge in [0.25, 0.3) is 0 Å². The van der Waals surface area contributed by atoms with Gasteiger partial charge in [-0.25, -0.2) is 0 Å². The molecular weight excluding hydrogens is 539 g/mol. The fourth-order valence-corrected chi connectivity index (χ4v) is 8.11. The van der Waals surface area contributed by atoms with E-state index in [0.29, 0.717) is 19.6 Å². The summed E-state index contributed by atoms with van der Waals surface area (Å²) in [7, 11) is -0.469. The molecule has 3 fully saturated rings. The molecule has 2 saturated carbocycles. The van der Waals surface area contributed by atoms with Gasteiger partial charge in [-0.2, -0.15) is 0 Å². The first kappa shape index (κ1) is 27.0. The van der Waals surface area contributed by atoms with Crippen molar-refractivity contribution in [1.29, 1.82) is 0 Å². The van der Waals surface area contributed by atoms with Gasteiger partial charge in [-0.05, 0) is 78.1 Å². The van der Waals surface area contributed by atoms with E-state index in [1.165, 1.54) is 0 Å². The van der Waals surface area contributed by atoms with Gasteiger partial charge in [0, 0.05) is 25.4 Å². The van der Waals surface area contributed by atoms with Crippen LogP contribution in [0.15, 0.2) is 9.66 Å². The van der Waals surface area contributed by atoms with Crippen molar-refractivity contribution in [2.75, 3.05) is 27.1 Å². The van der Waals surface area contributed by atoms with Crippen LogP contribution in [0.4, 0.5) is 0 Å². The third-order valence-electron chi connectivity index (χ3n) is 8.40. The van der Waals surface area contributed by atoms with E-state index in [1.54, 1.807) is 7.11 Å². The van der Waals surface area contributed by atoms with E-state index in [2.05, 4.69) is 63.4 Å². The summed E-state index contributed by atoms with van der Waals surface area (Å²) >= 11 is 2.28. The summed E-state index contributed by atoms with van der Waals surface area (Å²) in [5.74, 6) is -0.743. The molecule has 186 valence electrons. The Kier molecular flexibility index (Phi) is 7.21. The Hall–Kier alpha value is 0.447. The minimum Gasteiger partial charge on any atom is -0.411 e. The second-order valence-corrected chi connectivity index (χ2v) is 18.6. The molecule has 0 bridgehead atoms. The van der Waals surface area contributed by atoms with Crippen LogP contribution in [0.1, 0.15) is 54.9 Å². The number of hydrogen-bond donors (Lipinski definition) is 1. The zero-order valence-electron chi connectivity index (χ0n) is 21.5. The summed E-state index contributed by atoms with van der Waals surface area (Å²) in [5, 5.41) is 12.4. The van der Waals surface area contributed by atoms with Crippen LogP contribution in [0.2, 0.25) is 18.1 Å². The Morgan fingerprint density at radius 2 is 1.75 bits per heavy atom. The topological polar surface area (TPSA) is 66.4 Å². The number of aliphatic hydroxyl groups is 1. The highest BCUT2D eigenvalue weighted by molar-refractivity contribution is 14.1. The van der Waals surface area contributed by atoms with E-state index in [9.17, 15) is 5.11 Å². The minimum atomic E-state index is -2.11. The van der Waals surface area contributed by atoms with Crippen molar-refractivity contribution in [1.82, 2.24) is 0 Å². The number of ether oxygens (including phenoxy) is 4. The zero-order valence-corrected chi connectivity index (χ0v) is 24.7. The lowest BCUT2D eigenvalue weighted by Crippen LogP contribution is -2.79. The molecule has 1 heterocycles. The van der Waals surface area contributed by atoms with Crippen LogP contribution in [0.5, 0.6) is 0 Å². The highest BCUT2D eigenvalue weighted by atomic mass is 127. The lowest BCUT2D eigenvalue weighted by molar-refractivity contribution is -0.379. The van der Waals surface area contributed by atoms with Crippen molar-refractivity contribution in [2.24, 2.45) is 17.3 Å². The Morgan fingerprint density at radius 3 is 2.22 bits per heavy atom. The first-order valence-electron chi connectivity index (χ1n) is 11.6. The van der Waals surface area contributed by atoms with Crippen LogP contribution in [-0.4, -0.2) is 63.6 Å². The lowest BCUT2D eigenvalue weighted by Gasteiger charge is -2.69. The number of allylic oxidation sites excluding steroid dienone is 1. The van der Waals surface area contributed by atoms with Gasteiger partial charge < -0.3 is 28.5 Å². The maximum atomic E-state index is 12.4. The van der Waals surface area contributed by atoms with Crippen LogP contribution in [0.3, 0.4) is 0 Å². The smallest absolute Gasteiger partial charge is 0.192 e. The average molecular weight is 583 g/mol. The summed E-state index contributed by atoms with van der Waals surface area (Å²) in [6.45, 7) is 20.4. The molecule has 3 aliphatic rings. The van der Waals surface area contributed by atoms with Gasteiger partial charge in [0.1, 0.15) is 6.79 Å². The predicted molar refractivity (Wildman–Crippen MR) is 136 cm³/mol. The van der Waals surface area contributed by atoms with E-state index < -0.39 is 30.7 Å². The van der Waals surface area contributed by atoms with Crippen molar-refractivity contribution in [3.63, 3.8) is 0 Å². The van der Waals surface area contributed by atoms with Crippen molar-refractivity contribution in [2.45, 2.75) is 96.1 Å². The molecule has 8 heteroatoms. The van der Waals surface area contributed by atoms with E-state index in [4.69, 9.17) is 23.4 Å². The van der Waals surface area contributed by atoms with E-state index >= 15 is 0 Å². The van der Waals surface area contributed by atoms with Gasteiger partial charge in [-0.15, -0.1) is 0 Å². The Morgan fingerprint density at radius 1 is 1.19 bits per heavy atom. The maximum absolute atomic E-state index is 12.4. The fourth-order valence-electron chi connectivity index (χ4n) is 5.95. The van der Waals surface area contributed by atoms with Crippen LogP contribution in [-0.2, 0) is 23.4 Å². The van der Waals surface area contributed by atoms with Crippen molar-refractivity contribution in [3.8, 4) is 0 Å². The van der Waals surface area contributed by atoms with E-state index in [1.807, 2.05) is 26.8 Å². The molecular formula is C24H43IO6Si. The largest absolute Gasteiger partial charge is 0.411 e. The maximum Gasteiger partial charge on any atom is 0.192 e. The zero-order chi connectivity index (χ0) is 24.4. The molecule has 0 unspecified atom stereocenters. The normalized spacial score (nSPS) is 39.1. The van der Waals surface area contributed by atoms with Crippen LogP contribution in [0.25, 0.3) is 0 Å². The molecule has 6 nitrogen and oxygen atoms in total. The fraction of sp³-hybridized carbons (Fsp3) is 0.917. The summed E-state index contributed by atoms with van der Waals surface area (Å²) < 4.78 is 31.9. The average Bonchev–Trinajstić information content (AvgIpc) is 2.88. The van der Waals surface area contributed by atoms with Crippen molar-refractivity contribution < 1.29 is 28.5 Å². The lowest BCUT2D eigenvalue weighted by atomic mass is 9.42. The summed E-state index contributed by atoms with van der Waals surface area (Å²) in [6.07, 6.45) is 2.61. The van der Waals surface area contributed by atoms with Gasteiger partial charge in [0.2, 0.25) is 0 Å². The molecule has 3 rings (SSSR count). The third kappa shape index (κ3) is 4.29. The molecule has 0 amide bonds. The molecule has 0 radical (unpaired) electrons. The Bertz CT molecular complexity index is 733. The first-order chi connectivity index (χ1) is 14.4. The van der Waals surface area contributed by atoms with Crippen LogP contribution >= 0.6 is 22.6 Å². The van der Waals surface area contributed by atoms with Gasteiger partial charge in [0.15, 0.2) is 14.1 Å². The number of halogens is 1. The van der Waals surface area contributed by atoms with Gasteiger partial charge in [-0.1, -0.05) is 20.8 Å². The molecule has 5 atom stereocenters. The summed E-state index contributed by atoms with van der Waals surface area (Å²) in [6, 6.07) is 0. The molecule has 32 heavy (non-hydrogen) atoms. The highest BCUT2D eigenvalue weighted by Crippen LogP contribution is 2.72. The van der Waals surface area contributed by atoms with Crippen molar-refractivity contribution >= 4 is 30.9 Å². The Labute approximate surface area is 209 Å². The quantitative estimate of drug-likeness (QED) is 0.263. The highest BCUT2D eigenvalue weighted by Gasteiger charge is 2.81. The van der Waals surface area contributed by atoms with Crippen LogP contribution in [0, 0.1) is 17.3 Å². The van der Waals surface area contributed by atoms with Crippen LogP contribution < -0.4 is 0 Å². The monoisotopic (exact) mass is 582 g/mol. The second kappa shape index (κ2) is 8.53. The number of methoxy groups -OCH3 is 1. The first-order valence-corrected chi connectivity index (χ1v) is 15.6. The molecule has 1 aliphatic heterocycles. The Balaban J connectivity index is 2.07. The predicted octanol–water partition coefficient (Wildman–Crippen LogP) is 5.24. The summed E-state index contributed by atoms with van der Waals surface area (Å²) in [5.41, 5.74) is -2.23.